The SMILES string of the molecule is C#CCN1CCC2(CC1)COC2. The molecule has 2 heterocycles. The lowest BCUT2D eigenvalue weighted by Gasteiger charge is -2.47. The van der Waals surface area contributed by atoms with E-state index in [2.05, 4.69) is 10.8 Å². The van der Waals surface area contributed by atoms with Crippen LogP contribution in [-0.2, 0) is 4.74 Å². The Morgan fingerprint density at radius 3 is 2.42 bits per heavy atom. The van der Waals surface area contributed by atoms with Crippen molar-refractivity contribution >= 4 is 0 Å². The minimum Gasteiger partial charge on any atom is -0.380 e. The fourth-order valence-corrected chi connectivity index (χ4v) is 1.99. The van der Waals surface area contributed by atoms with Crippen molar-refractivity contribution < 1.29 is 4.74 Å². The van der Waals surface area contributed by atoms with Gasteiger partial charge in [-0.3, -0.25) is 4.90 Å². The zero-order valence-corrected chi connectivity index (χ0v) is 7.38. The maximum Gasteiger partial charge on any atom is 0.0598 e. The van der Waals surface area contributed by atoms with Crippen LogP contribution in [0, 0.1) is 17.8 Å². The number of rotatable bonds is 1. The molecule has 2 heteroatoms. The molecule has 0 saturated carbocycles. The van der Waals surface area contributed by atoms with E-state index in [4.69, 9.17) is 11.2 Å². The zero-order valence-electron chi connectivity index (χ0n) is 7.38. The largest absolute Gasteiger partial charge is 0.380 e. The van der Waals surface area contributed by atoms with Crippen LogP contribution in [-0.4, -0.2) is 37.7 Å². The van der Waals surface area contributed by atoms with Crippen molar-refractivity contribution in [3.63, 3.8) is 0 Å². The summed E-state index contributed by atoms with van der Waals surface area (Å²) in [5.41, 5.74) is 0.547. The molecule has 0 aliphatic carbocycles. The fourth-order valence-electron chi connectivity index (χ4n) is 1.99. The Kier molecular flexibility index (Phi) is 2.08. The third-order valence-electron chi connectivity index (χ3n) is 3.05. The highest BCUT2D eigenvalue weighted by Crippen LogP contribution is 2.38. The second kappa shape index (κ2) is 3.08. The van der Waals surface area contributed by atoms with Crippen LogP contribution >= 0.6 is 0 Å². The van der Waals surface area contributed by atoms with E-state index < -0.39 is 0 Å². The molecule has 0 amide bonds. The summed E-state index contributed by atoms with van der Waals surface area (Å²) in [6, 6.07) is 0. The van der Waals surface area contributed by atoms with Gasteiger partial charge in [-0.2, -0.15) is 0 Å². The van der Waals surface area contributed by atoms with Gasteiger partial charge in [-0.1, -0.05) is 5.92 Å². The number of ether oxygens (including phenoxy) is 1. The molecule has 0 unspecified atom stereocenters. The summed E-state index contributed by atoms with van der Waals surface area (Å²) in [5.74, 6) is 2.70. The second-order valence-electron chi connectivity index (χ2n) is 3.97. The molecule has 0 aromatic carbocycles. The Hall–Kier alpha value is -0.520. The Labute approximate surface area is 73.9 Å². The summed E-state index contributed by atoms with van der Waals surface area (Å²) >= 11 is 0. The van der Waals surface area contributed by atoms with Crippen LogP contribution in [0.3, 0.4) is 0 Å². The summed E-state index contributed by atoms with van der Waals surface area (Å²) < 4.78 is 5.25. The summed E-state index contributed by atoms with van der Waals surface area (Å²) in [7, 11) is 0. The van der Waals surface area contributed by atoms with E-state index in [0.717, 1.165) is 32.8 Å². The van der Waals surface area contributed by atoms with Crippen molar-refractivity contribution in [1.29, 1.82) is 0 Å². The molecule has 2 rings (SSSR count). The highest BCUT2D eigenvalue weighted by molar-refractivity contribution is 4.94. The van der Waals surface area contributed by atoms with Crippen LogP contribution in [0.1, 0.15) is 12.8 Å². The molecule has 2 saturated heterocycles. The number of hydrogen-bond acceptors (Lipinski definition) is 2. The molecule has 2 nitrogen and oxygen atoms in total. The third-order valence-corrected chi connectivity index (χ3v) is 3.05. The van der Waals surface area contributed by atoms with Gasteiger partial charge in [-0.15, -0.1) is 6.42 Å². The highest BCUT2D eigenvalue weighted by atomic mass is 16.5. The number of likely N-dealkylation sites (tertiary alicyclic amines) is 1. The van der Waals surface area contributed by atoms with Gasteiger partial charge in [-0.05, 0) is 25.9 Å². The predicted molar refractivity (Wildman–Crippen MR) is 47.8 cm³/mol. The van der Waals surface area contributed by atoms with E-state index in [1.807, 2.05) is 0 Å². The zero-order chi connectivity index (χ0) is 8.44. The smallest absolute Gasteiger partial charge is 0.0598 e. The van der Waals surface area contributed by atoms with Crippen LogP contribution < -0.4 is 0 Å². The molecule has 12 heavy (non-hydrogen) atoms. The monoisotopic (exact) mass is 165 g/mol. The molecular weight excluding hydrogens is 150 g/mol. The molecule has 0 aromatic heterocycles. The molecule has 0 radical (unpaired) electrons. The van der Waals surface area contributed by atoms with Gasteiger partial charge in [0, 0.05) is 5.41 Å². The van der Waals surface area contributed by atoms with Crippen molar-refractivity contribution in [2.45, 2.75) is 12.8 Å². The van der Waals surface area contributed by atoms with Gasteiger partial charge in [-0.25, -0.2) is 0 Å². The van der Waals surface area contributed by atoms with Crippen molar-refractivity contribution in [1.82, 2.24) is 4.90 Å². The summed E-state index contributed by atoms with van der Waals surface area (Å²) in [4.78, 5) is 2.35. The van der Waals surface area contributed by atoms with E-state index in [9.17, 15) is 0 Å². The quantitative estimate of drug-likeness (QED) is 0.531. The number of hydrogen-bond donors (Lipinski definition) is 0. The normalized spacial score (nSPS) is 27.9. The van der Waals surface area contributed by atoms with Crippen molar-refractivity contribution in [2.75, 3.05) is 32.8 Å². The third kappa shape index (κ3) is 1.35. The van der Waals surface area contributed by atoms with E-state index in [-0.39, 0.29) is 0 Å². The van der Waals surface area contributed by atoms with E-state index in [0.29, 0.717) is 5.41 Å². The average molecular weight is 165 g/mol. The first-order valence-electron chi connectivity index (χ1n) is 4.58. The summed E-state index contributed by atoms with van der Waals surface area (Å²) in [5, 5.41) is 0. The van der Waals surface area contributed by atoms with E-state index in [1.165, 1.54) is 12.8 Å². The Bertz CT molecular complexity index is 192. The van der Waals surface area contributed by atoms with Gasteiger partial charge in [0.1, 0.15) is 0 Å². The average Bonchev–Trinajstić information content (AvgIpc) is 2.04. The number of nitrogens with zero attached hydrogens (tertiary/aromatic N) is 1. The minimum absolute atomic E-state index is 0.547. The minimum atomic E-state index is 0.547. The van der Waals surface area contributed by atoms with Crippen molar-refractivity contribution in [3.8, 4) is 12.3 Å². The van der Waals surface area contributed by atoms with Gasteiger partial charge < -0.3 is 4.74 Å². The van der Waals surface area contributed by atoms with Gasteiger partial charge in [0.15, 0.2) is 0 Å². The molecule has 1 spiro atoms. The standard InChI is InChI=1S/C10H15NO/c1-2-5-11-6-3-10(4-7-11)8-12-9-10/h1H,3-9H2. The van der Waals surface area contributed by atoms with Gasteiger partial charge >= 0.3 is 0 Å². The molecule has 0 bridgehead atoms. The van der Waals surface area contributed by atoms with Crippen molar-refractivity contribution in [3.05, 3.63) is 0 Å². The lowest BCUT2D eigenvalue weighted by molar-refractivity contribution is -0.138. The molecule has 0 aromatic rings. The summed E-state index contributed by atoms with van der Waals surface area (Å²) in [6.45, 7) is 5.10. The number of piperidine rings is 1. The lowest BCUT2D eigenvalue weighted by Crippen LogP contribution is -2.50. The first kappa shape index (κ1) is 8.10. The Balaban J connectivity index is 1.81. The molecule has 0 atom stereocenters. The molecule has 2 aliphatic heterocycles. The van der Waals surface area contributed by atoms with Gasteiger partial charge in [0.2, 0.25) is 0 Å². The van der Waals surface area contributed by atoms with Crippen LogP contribution in [0.4, 0.5) is 0 Å². The fraction of sp³-hybridized carbons (Fsp3) is 0.800. The maximum absolute atomic E-state index is 5.26. The van der Waals surface area contributed by atoms with Crippen LogP contribution in [0.15, 0.2) is 0 Å². The molecule has 0 N–H and O–H groups in total. The van der Waals surface area contributed by atoms with Gasteiger partial charge in [0.05, 0.1) is 19.8 Å². The highest BCUT2D eigenvalue weighted by Gasteiger charge is 2.40. The van der Waals surface area contributed by atoms with Gasteiger partial charge in [0.25, 0.3) is 0 Å². The van der Waals surface area contributed by atoms with Crippen LogP contribution in [0.2, 0.25) is 0 Å². The van der Waals surface area contributed by atoms with E-state index >= 15 is 0 Å². The molecule has 2 fully saturated rings. The van der Waals surface area contributed by atoms with Crippen LogP contribution in [0.5, 0.6) is 0 Å². The first-order valence-corrected chi connectivity index (χ1v) is 4.58. The Morgan fingerprint density at radius 1 is 1.33 bits per heavy atom. The lowest BCUT2D eigenvalue weighted by atomic mass is 9.77. The second-order valence-corrected chi connectivity index (χ2v) is 3.97. The Morgan fingerprint density at radius 2 is 2.00 bits per heavy atom. The summed E-state index contributed by atoms with van der Waals surface area (Å²) in [6.07, 6.45) is 7.80. The molecular formula is C10H15NO. The van der Waals surface area contributed by atoms with Crippen molar-refractivity contribution in [2.24, 2.45) is 5.41 Å². The topological polar surface area (TPSA) is 12.5 Å². The predicted octanol–water partition coefficient (Wildman–Crippen LogP) is 0.732. The number of terminal acetylenes is 1. The molecule has 66 valence electrons. The first-order chi connectivity index (χ1) is 5.85. The van der Waals surface area contributed by atoms with E-state index in [1.54, 1.807) is 0 Å². The molecule has 2 aliphatic rings. The maximum atomic E-state index is 5.26. The van der Waals surface area contributed by atoms with Crippen LogP contribution in [0.25, 0.3) is 0 Å².